The highest BCUT2D eigenvalue weighted by Crippen LogP contribution is 2.27. The molecule has 1 aliphatic carbocycles. The van der Waals surface area contributed by atoms with Crippen molar-refractivity contribution in [3.05, 3.63) is 65.9 Å². The maximum Gasteiger partial charge on any atom is 0.323 e. The smallest absolute Gasteiger partial charge is 0.323 e. The number of amides is 3. The van der Waals surface area contributed by atoms with Gasteiger partial charge in [-0.25, -0.2) is 4.79 Å². The molecule has 2 heterocycles. The largest absolute Gasteiger partial charge is 0.395 e. The van der Waals surface area contributed by atoms with Gasteiger partial charge in [-0.3, -0.25) is 9.48 Å². The molecule has 1 saturated carbocycles. The van der Waals surface area contributed by atoms with Crippen LogP contribution >= 0.6 is 0 Å². The molecule has 2 aliphatic rings. The number of urea groups is 1. The average Bonchev–Trinajstić information content (AvgIpc) is 3.25. The van der Waals surface area contributed by atoms with E-state index < -0.39 is 11.9 Å². The van der Waals surface area contributed by atoms with E-state index >= 15 is 0 Å². The van der Waals surface area contributed by atoms with Gasteiger partial charge in [-0.15, -0.1) is 0 Å². The predicted molar refractivity (Wildman–Crippen MR) is 123 cm³/mol. The lowest BCUT2D eigenvalue weighted by atomic mass is 9.89. The van der Waals surface area contributed by atoms with Gasteiger partial charge in [-0.05, 0) is 42.9 Å². The lowest BCUT2D eigenvalue weighted by Crippen LogP contribution is -2.47. The molecule has 1 aliphatic heterocycles. The number of carbonyl (C=O) groups excluding carboxylic acids is 2. The summed E-state index contributed by atoms with van der Waals surface area (Å²) in [6.45, 7) is 6.51. The molecule has 8 nitrogen and oxygen atoms in total. The van der Waals surface area contributed by atoms with Crippen LogP contribution in [-0.2, 0) is 11.3 Å². The molecule has 0 bridgehead atoms. The second-order valence-corrected chi connectivity index (χ2v) is 8.62. The molecular formula is C24H30N6O2. The SMILES string of the molecule is C=C1NC(=O)NC(C(=O)N[C@H](C)c2cccc(-c3cnn(CC4CCCCC4)c3)c2)=C1N. The Kier molecular flexibility index (Phi) is 6.30. The fourth-order valence-electron chi connectivity index (χ4n) is 4.33. The first-order chi connectivity index (χ1) is 15.4. The number of rotatable bonds is 6. The normalized spacial score (nSPS) is 18.2. The summed E-state index contributed by atoms with van der Waals surface area (Å²) in [5.41, 5.74) is 9.27. The minimum atomic E-state index is -0.533. The van der Waals surface area contributed by atoms with Gasteiger partial charge in [0.05, 0.1) is 23.6 Å². The molecule has 0 spiro atoms. The molecule has 2 aromatic rings. The van der Waals surface area contributed by atoms with Crippen LogP contribution in [0.2, 0.25) is 0 Å². The van der Waals surface area contributed by atoms with Crippen molar-refractivity contribution in [2.45, 2.75) is 51.6 Å². The monoisotopic (exact) mass is 434 g/mol. The van der Waals surface area contributed by atoms with E-state index in [1.165, 1.54) is 32.1 Å². The summed E-state index contributed by atoms with van der Waals surface area (Å²) in [5.74, 6) is 0.253. The van der Waals surface area contributed by atoms with E-state index in [4.69, 9.17) is 5.73 Å². The van der Waals surface area contributed by atoms with E-state index in [1.807, 2.05) is 42.1 Å². The maximum atomic E-state index is 12.7. The molecule has 0 radical (unpaired) electrons. The fourth-order valence-corrected chi connectivity index (χ4v) is 4.33. The Bertz CT molecular complexity index is 1060. The van der Waals surface area contributed by atoms with Gasteiger partial charge in [-0.2, -0.15) is 5.10 Å². The molecule has 5 N–H and O–H groups in total. The molecule has 0 unspecified atom stereocenters. The van der Waals surface area contributed by atoms with Gasteiger partial charge in [0.2, 0.25) is 0 Å². The summed E-state index contributed by atoms with van der Waals surface area (Å²) >= 11 is 0. The van der Waals surface area contributed by atoms with E-state index in [0.717, 1.165) is 23.2 Å². The Morgan fingerprint density at radius 3 is 2.84 bits per heavy atom. The highest BCUT2D eigenvalue weighted by Gasteiger charge is 2.25. The second-order valence-electron chi connectivity index (χ2n) is 8.62. The summed E-state index contributed by atoms with van der Waals surface area (Å²) < 4.78 is 2.05. The van der Waals surface area contributed by atoms with Gasteiger partial charge in [-0.1, -0.05) is 44.0 Å². The second kappa shape index (κ2) is 9.30. The van der Waals surface area contributed by atoms with Gasteiger partial charge < -0.3 is 21.7 Å². The molecule has 168 valence electrons. The number of nitrogens with one attached hydrogen (secondary N) is 3. The van der Waals surface area contributed by atoms with Gasteiger partial charge in [0.15, 0.2) is 0 Å². The number of carbonyl (C=O) groups is 2. The van der Waals surface area contributed by atoms with Crippen molar-refractivity contribution >= 4 is 11.9 Å². The number of hydrogen-bond acceptors (Lipinski definition) is 4. The number of aromatic nitrogens is 2. The third-order valence-corrected chi connectivity index (χ3v) is 6.20. The first kappa shape index (κ1) is 21.7. The van der Waals surface area contributed by atoms with E-state index in [9.17, 15) is 9.59 Å². The highest BCUT2D eigenvalue weighted by molar-refractivity contribution is 6.00. The predicted octanol–water partition coefficient (Wildman–Crippen LogP) is 3.30. The lowest BCUT2D eigenvalue weighted by Gasteiger charge is -2.22. The summed E-state index contributed by atoms with van der Waals surface area (Å²) in [5, 5.41) is 12.3. The van der Waals surface area contributed by atoms with Crippen molar-refractivity contribution in [2.75, 3.05) is 0 Å². The van der Waals surface area contributed by atoms with E-state index in [1.54, 1.807) is 0 Å². The van der Waals surface area contributed by atoms with E-state index in [-0.39, 0.29) is 23.1 Å². The standard InChI is InChI=1S/C24H30N6O2/c1-15(27-23(31)22-21(25)16(2)28-24(32)29-22)18-9-6-10-19(11-18)20-12-26-30(14-20)13-17-7-4-3-5-8-17/h6,9-12,14-15,17H,2-5,7-8,13,25H2,1H3,(H,27,31)(H2,28,29,32)/t15-/m1/s1. The summed E-state index contributed by atoms with van der Waals surface area (Å²) in [4.78, 5) is 24.3. The Balaban J connectivity index is 1.44. The Morgan fingerprint density at radius 2 is 2.06 bits per heavy atom. The van der Waals surface area contributed by atoms with Crippen molar-refractivity contribution in [2.24, 2.45) is 11.7 Å². The topological polar surface area (TPSA) is 114 Å². The van der Waals surface area contributed by atoms with Crippen LogP contribution in [0.4, 0.5) is 4.79 Å². The van der Waals surface area contributed by atoms with Crippen molar-refractivity contribution in [1.29, 1.82) is 0 Å². The zero-order chi connectivity index (χ0) is 22.7. The minimum absolute atomic E-state index is 0.00532. The highest BCUT2D eigenvalue weighted by atomic mass is 16.2. The number of hydrogen-bond donors (Lipinski definition) is 4. The number of nitrogens with two attached hydrogens (primary N) is 1. The van der Waals surface area contributed by atoms with E-state index in [0.29, 0.717) is 5.92 Å². The first-order valence-corrected chi connectivity index (χ1v) is 11.1. The average molecular weight is 435 g/mol. The van der Waals surface area contributed by atoms with E-state index in [2.05, 4.69) is 33.8 Å². The molecular weight excluding hydrogens is 404 g/mol. The van der Waals surface area contributed by atoms with Gasteiger partial charge >= 0.3 is 6.03 Å². The Hall–Kier alpha value is -3.55. The van der Waals surface area contributed by atoms with Crippen LogP contribution in [0.5, 0.6) is 0 Å². The third-order valence-electron chi connectivity index (χ3n) is 6.20. The molecule has 1 aromatic heterocycles. The summed E-state index contributed by atoms with van der Waals surface area (Å²) in [6, 6.07) is 7.18. The van der Waals surface area contributed by atoms with Gasteiger partial charge in [0.25, 0.3) is 5.91 Å². The van der Waals surface area contributed by atoms with Crippen molar-refractivity contribution < 1.29 is 9.59 Å². The van der Waals surface area contributed by atoms with Crippen LogP contribution in [0.3, 0.4) is 0 Å². The minimum Gasteiger partial charge on any atom is -0.395 e. The van der Waals surface area contributed by atoms with Crippen LogP contribution < -0.4 is 21.7 Å². The molecule has 0 saturated heterocycles. The first-order valence-electron chi connectivity index (χ1n) is 11.1. The van der Waals surface area contributed by atoms with Crippen LogP contribution in [0, 0.1) is 5.92 Å². The molecule has 1 fully saturated rings. The van der Waals surface area contributed by atoms with Crippen molar-refractivity contribution in [1.82, 2.24) is 25.7 Å². The molecule has 4 rings (SSSR count). The molecule has 32 heavy (non-hydrogen) atoms. The summed E-state index contributed by atoms with van der Waals surface area (Å²) in [6.07, 6.45) is 10.6. The Morgan fingerprint density at radius 1 is 1.28 bits per heavy atom. The van der Waals surface area contributed by atoms with Gasteiger partial charge in [0.1, 0.15) is 5.70 Å². The van der Waals surface area contributed by atoms with Crippen molar-refractivity contribution in [3.63, 3.8) is 0 Å². The zero-order valence-electron chi connectivity index (χ0n) is 18.4. The van der Waals surface area contributed by atoms with Gasteiger partial charge in [0, 0.05) is 18.3 Å². The van der Waals surface area contributed by atoms with Crippen LogP contribution in [0.25, 0.3) is 11.1 Å². The lowest BCUT2D eigenvalue weighted by molar-refractivity contribution is -0.118. The number of benzene rings is 1. The third kappa shape index (κ3) is 4.85. The Labute approximate surface area is 187 Å². The van der Waals surface area contributed by atoms with Crippen LogP contribution in [0.1, 0.15) is 50.6 Å². The number of nitrogens with zero attached hydrogens (tertiary/aromatic N) is 2. The fraction of sp³-hybridized carbons (Fsp3) is 0.375. The van der Waals surface area contributed by atoms with Crippen molar-refractivity contribution in [3.8, 4) is 11.1 Å². The molecule has 3 amide bonds. The van der Waals surface area contributed by atoms with Crippen LogP contribution in [0.15, 0.2) is 60.3 Å². The zero-order valence-corrected chi connectivity index (χ0v) is 18.4. The molecule has 8 heteroatoms. The molecule has 1 atom stereocenters. The quantitative estimate of drug-likeness (QED) is 0.558. The molecule has 1 aromatic carbocycles. The van der Waals surface area contributed by atoms with Crippen LogP contribution in [-0.4, -0.2) is 21.7 Å². The summed E-state index contributed by atoms with van der Waals surface area (Å²) in [7, 11) is 0. The maximum absolute atomic E-state index is 12.7.